The Hall–Kier alpha value is -1.09. The Labute approximate surface area is 159 Å². The zero-order valence-corrected chi connectivity index (χ0v) is 16.7. The molecular formula is C23H38O3. The number of unbranched alkanes of at least 4 members (excludes halogenated alkanes) is 3. The first-order valence-corrected chi connectivity index (χ1v) is 10.7. The van der Waals surface area contributed by atoms with E-state index in [2.05, 4.69) is 31.2 Å². The summed E-state index contributed by atoms with van der Waals surface area (Å²) >= 11 is 0. The first kappa shape index (κ1) is 21.2. The predicted octanol–water partition coefficient (Wildman–Crippen LogP) is 5.74. The highest BCUT2D eigenvalue weighted by molar-refractivity contribution is 5.66. The summed E-state index contributed by atoms with van der Waals surface area (Å²) in [4.78, 5) is 10.6. The summed E-state index contributed by atoms with van der Waals surface area (Å²) in [6.45, 7) is 4.14. The van der Waals surface area contributed by atoms with Crippen molar-refractivity contribution in [2.45, 2.75) is 90.1 Å². The zero-order valence-electron chi connectivity index (χ0n) is 16.7. The molecule has 148 valence electrons. The fourth-order valence-electron chi connectivity index (χ4n) is 4.98. The lowest BCUT2D eigenvalue weighted by molar-refractivity contribution is -0.137. The summed E-state index contributed by atoms with van der Waals surface area (Å²) in [7, 11) is 0. The Morgan fingerprint density at radius 2 is 1.92 bits per heavy atom. The zero-order chi connectivity index (χ0) is 19.0. The van der Waals surface area contributed by atoms with Crippen LogP contribution in [0, 0.1) is 23.7 Å². The maximum atomic E-state index is 10.6. The second-order valence-corrected chi connectivity index (χ2v) is 8.74. The molecule has 2 aliphatic carbocycles. The molecule has 3 heteroatoms. The van der Waals surface area contributed by atoms with Gasteiger partial charge in [-0.3, -0.25) is 4.79 Å². The lowest BCUT2D eigenvalue weighted by atomic mass is 9.76. The predicted molar refractivity (Wildman–Crippen MR) is 107 cm³/mol. The number of rotatable bonds is 12. The molecule has 0 radical (unpaired) electrons. The molecule has 3 nitrogen and oxygen atoms in total. The number of hydrogen-bond donors (Lipinski definition) is 2. The Morgan fingerprint density at radius 1 is 1.15 bits per heavy atom. The van der Waals surface area contributed by atoms with Crippen LogP contribution in [-0.4, -0.2) is 21.8 Å². The van der Waals surface area contributed by atoms with Crippen LogP contribution in [0.2, 0.25) is 0 Å². The highest BCUT2D eigenvalue weighted by Gasteiger charge is 2.45. The first-order chi connectivity index (χ1) is 12.4. The van der Waals surface area contributed by atoms with Gasteiger partial charge in [-0.05, 0) is 75.5 Å². The monoisotopic (exact) mass is 362 g/mol. The van der Waals surface area contributed by atoms with Crippen LogP contribution in [-0.2, 0) is 4.79 Å². The summed E-state index contributed by atoms with van der Waals surface area (Å²) in [6, 6.07) is 0. The molecule has 2 saturated carbocycles. The van der Waals surface area contributed by atoms with Crippen LogP contribution in [0.1, 0.15) is 84.5 Å². The number of carboxylic acid groups (broad SMARTS) is 1. The van der Waals surface area contributed by atoms with E-state index in [9.17, 15) is 9.90 Å². The van der Waals surface area contributed by atoms with Gasteiger partial charge >= 0.3 is 5.97 Å². The molecule has 0 saturated heterocycles. The van der Waals surface area contributed by atoms with Gasteiger partial charge in [0.05, 0.1) is 5.60 Å². The van der Waals surface area contributed by atoms with Crippen LogP contribution in [0.4, 0.5) is 0 Å². The van der Waals surface area contributed by atoms with Crippen LogP contribution in [0.15, 0.2) is 24.3 Å². The molecule has 26 heavy (non-hydrogen) atoms. The minimum atomic E-state index is -0.706. The van der Waals surface area contributed by atoms with Gasteiger partial charge in [-0.1, -0.05) is 50.5 Å². The highest BCUT2D eigenvalue weighted by atomic mass is 16.4. The smallest absolute Gasteiger partial charge is 0.303 e. The molecule has 0 aromatic rings. The molecule has 2 aliphatic rings. The summed E-state index contributed by atoms with van der Waals surface area (Å²) in [5.41, 5.74) is -0.672. The standard InChI is InChI=1S/C23H38O3/c1-3-4-9-15-23(2,26)16-14-21-19-13-12-18(17-19)20(21)10-7-5-6-8-11-22(24)25/h5,7,14,16,18-21,26H,3-4,6,8-13,15,17H2,1-2H3,(H,24,25)/b7-5-,16-14+/t18?,19?,20-,21-,23-/m0/s1. The third-order valence-electron chi connectivity index (χ3n) is 6.46. The van der Waals surface area contributed by atoms with E-state index >= 15 is 0 Å². The molecule has 0 spiro atoms. The molecule has 2 unspecified atom stereocenters. The fourth-order valence-corrected chi connectivity index (χ4v) is 4.98. The van der Waals surface area contributed by atoms with Crippen molar-refractivity contribution in [1.29, 1.82) is 0 Å². The average Bonchev–Trinajstić information content (AvgIpc) is 3.17. The van der Waals surface area contributed by atoms with Gasteiger partial charge in [0.1, 0.15) is 0 Å². The second-order valence-electron chi connectivity index (χ2n) is 8.74. The van der Waals surface area contributed by atoms with Crippen molar-refractivity contribution in [3.63, 3.8) is 0 Å². The topological polar surface area (TPSA) is 57.5 Å². The third kappa shape index (κ3) is 6.57. The molecule has 0 heterocycles. The molecule has 0 amide bonds. The SMILES string of the molecule is CCCCC[C@](C)(O)/C=C/[C@H]1C2CCC(C2)[C@@H]1C/C=C\CCCC(=O)O. The molecule has 2 fully saturated rings. The Morgan fingerprint density at radius 3 is 2.65 bits per heavy atom. The first-order valence-electron chi connectivity index (χ1n) is 10.7. The number of aliphatic hydroxyl groups is 1. The van der Waals surface area contributed by atoms with Crippen LogP contribution < -0.4 is 0 Å². The van der Waals surface area contributed by atoms with E-state index in [1.807, 2.05) is 6.92 Å². The minimum absolute atomic E-state index is 0.261. The molecule has 2 bridgehead atoms. The lowest BCUT2D eigenvalue weighted by Gasteiger charge is -2.29. The van der Waals surface area contributed by atoms with Crippen LogP contribution in [0.3, 0.4) is 0 Å². The lowest BCUT2D eigenvalue weighted by Crippen LogP contribution is -2.24. The van der Waals surface area contributed by atoms with Gasteiger partial charge in [0.25, 0.3) is 0 Å². The maximum absolute atomic E-state index is 10.6. The van der Waals surface area contributed by atoms with E-state index in [1.165, 1.54) is 32.1 Å². The fraction of sp³-hybridized carbons (Fsp3) is 0.783. The van der Waals surface area contributed by atoms with E-state index in [-0.39, 0.29) is 6.42 Å². The van der Waals surface area contributed by atoms with Crippen molar-refractivity contribution < 1.29 is 15.0 Å². The van der Waals surface area contributed by atoms with E-state index in [0.717, 1.165) is 43.9 Å². The average molecular weight is 363 g/mol. The van der Waals surface area contributed by atoms with Crippen molar-refractivity contribution in [2.75, 3.05) is 0 Å². The number of aliphatic carboxylic acids is 1. The van der Waals surface area contributed by atoms with Crippen LogP contribution in [0.5, 0.6) is 0 Å². The Balaban J connectivity index is 1.84. The summed E-state index contributed by atoms with van der Waals surface area (Å²) in [5, 5.41) is 19.3. The quantitative estimate of drug-likeness (QED) is 0.344. The van der Waals surface area contributed by atoms with Gasteiger partial charge in [-0.2, -0.15) is 0 Å². The molecule has 0 aliphatic heterocycles. The van der Waals surface area contributed by atoms with Gasteiger partial charge in [0.2, 0.25) is 0 Å². The van der Waals surface area contributed by atoms with Gasteiger partial charge < -0.3 is 10.2 Å². The second kappa shape index (κ2) is 10.3. The number of fused-ring (bicyclic) bond motifs is 2. The van der Waals surface area contributed by atoms with Crippen LogP contribution in [0.25, 0.3) is 0 Å². The van der Waals surface area contributed by atoms with Crippen molar-refractivity contribution in [3.05, 3.63) is 24.3 Å². The summed E-state index contributed by atoms with van der Waals surface area (Å²) in [5.74, 6) is 2.24. The Bertz CT molecular complexity index is 492. The van der Waals surface area contributed by atoms with E-state index < -0.39 is 11.6 Å². The van der Waals surface area contributed by atoms with Gasteiger partial charge in [0.15, 0.2) is 0 Å². The Kier molecular flexibility index (Phi) is 8.40. The van der Waals surface area contributed by atoms with E-state index in [0.29, 0.717) is 11.8 Å². The molecule has 0 aromatic carbocycles. The van der Waals surface area contributed by atoms with Gasteiger partial charge in [0, 0.05) is 6.42 Å². The molecule has 0 aromatic heterocycles. The van der Waals surface area contributed by atoms with Gasteiger partial charge in [-0.15, -0.1) is 0 Å². The number of allylic oxidation sites excluding steroid dienone is 3. The molecule has 2 rings (SSSR count). The van der Waals surface area contributed by atoms with E-state index in [4.69, 9.17) is 5.11 Å². The van der Waals surface area contributed by atoms with Crippen molar-refractivity contribution in [3.8, 4) is 0 Å². The number of carbonyl (C=O) groups is 1. The maximum Gasteiger partial charge on any atom is 0.303 e. The molecular weight excluding hydrogens is 324 g/mol. The third-order valence-corrected chi connectivity index (χ3v) is 6.46. The minimum Gasteiger partial charge on any atom is -0.481 e. The normalized spacial score (nSPS) is 30.4. The van der Waals surface area contributed by atoms with Crippen molar-refractivity contribution in [1.82, 2.24) is 0 Å². The van der Waals surface area contributed by atoms with Crippen molar-refractivity contribution >= 4 is 5.97 Å². The van der Waals surface area contributed by atoms with Crippen molar-refractivity contribution in [2.24, 2.45) is 23.7 Å². The highest BCUT2D eigenvalue weighted by Crippen LogP contribution is 2.54. The summed E-state index contributed by atoms with van der Waals surface area (Å²) < 4.78 is 0. The molecule has 5 atom stereocenters. The van der Waals surface area contributed by atoms with Gasteiger partial charge in [-0.25, -0.2) is 0 Å². The molecule has 2 N–H and O–H groups in total. The number of hydrogen-bond acceptors (Lipinski definition) is 2. The van der Waals surface area contributed by atoms with Crippen LogP contribution >= 0.6 is 0 Å². The summed E-state index contributed by atoms with van der Waals surface area (Å²) in [6.07, 6.45) is 20.2. The number of carboxylic acids is 1. The largest absolute Gasteiger partial charge is 0.481 e. The van der Waals surface area contributed by atoms with E-state index in [1.54, 1.807) is 0 Å².